The van der Waals surface area contributed by atoms with Gasteiger partial charge in [-0.25, -0.2) is 0 Å². The molecule has 0 aromatic heterocycles. The third-order valence-corrected chi connectivity index (χ3v) is 3.23. The predicted molar refractivity (Wildman–Crippen MR) is 77.3 cm³/mol. The van der Waals surface area contributed by atoms with E-state index in [1.807, 2.05) is 37.4 Å². The lowest BCUT2D eigenvalue weighted by Gasteiger charge is -2.23. The van der Waals surface area contributed by atoms with Crippen LogP contribution in [0.2, 0.25) is 0 Å². The van der Waals surface area contributed by atoms with E-state index in [1.165, 1.54) is 0 Å². The molecule has 1 heterocycles. The Hall–Kier alpha value is -1.61. The number of hydrogen-bond donors (Lipinski definition) is 0. The zero-order chi connectivity index (χ0) is 13.7. The van der Waals surface area contributed by atoms with Gasteiger partial charge in [0.05, 0.1) is 6.61 Å². The van der Waals surface area contributed by atoms with Crippen molar-refractivity contribution in [2.24, 2.45) is 0 Å². The summed E-state index contributed by atoms with van der Waals surface area (Å²) in [6.07, 6.45) is 3.57. The van der Waals surface area contributed by atoms with Gasteiger partial charge in [-0.1, -0.05) is 25.1 Å². The maximum atomic E-state index is 11.9. The van der Waals surface area contributed by atoms with Gasteiger partial charge in [0.25, 0.3) is 0 Å². The minimum Gasteiger partial charge on any atom is -0.493 e. The van der Waals surface area contributed by atoms with Crippen molar-refractivity contribution in [1.29, 1.82) is 0 Å². The minimum absolute atomic E-state index is 0.253. The second-order valence-electron chi connectivity index (χ2n) is 4.97. The molecule has 3 heteroatoms. The summed E-state index contributed by atoms with van der Waals surface area (Å²) in [4.78, 5) is 14.1. The quantitative estimate of drug-likeness (QED) is 0.779. The van der Waals surface area contributed by atoms with E-state index in [0.29, 0.717) is 13.0 Å². The molecule has 0 saturated carbocycles. The first-order valence-corrected chi connectivity index (χ1v) is 6.85. The van der Waals surface area contributed by atoms with Crippen LogP contribution in [0.1, 0.15) is 25.3 Å². The van der Waals surface area contributed by atoms with Crippen molar-refractivity contribution >= 4 is 11.9 Å². The smallest absolute Gasteiger partial charge is 0.161 e. The Bertz CT molecular complexity index is 479. The summed E-state index contributed by atoms with van der Waals surface area (Å²) < 4.78 is 5.72. The van der Waals surface area contributed by atoms with Crippen molar-refractivity contribution in [1.82, 2.24) is 4.90 Å². The highest BCUT2D eigenvalue weighted by atomic mass is 16.5. The largest absolute Gasteiger partial charge is 0.493 e. The lowest BCUT2D eigenvalue weighted by molar-refractivity contribution is -0.117. The Morgan fingerprint density at radius 2 is 2.16 bits per heavy atom. The Kier molecular flexibility index (Phi) is 4.74. The third-order valence-electron chi connectivity index (χ3n) is 3.23. The number of carbonyl (C=O) groups excluding carboxylic acids is 1. The van der Waals surface area contributed by atoms with Crippen LogP contribution in [0.4, 0.5) is 0 Å². The summed E-state index contributed by atoms with van der Waals surface area (Å²) in [7, 11) is 2.04. The number of hydrogen-bond acceptors (Lipinski definition) is 3. The van der Waals surface area contributed by atoms with Crippen molar-refractivity contribution in [3.63, 3.8) is 0 Å². The molecule has 0 spiro atoms. The molecule has 19 heavy (non-hydrogen) atoms. The van der Waals surface area contributed by atoms with E-state index >= 15 is 0 Å². The number of ketones is 1. The van der Waals surface area contributed by atoms with E-state index in [0.717, 1.165) is 36.4 Å². The Morgan fingerprint density at radius 1 is 1.37 bits per heavy atom. The van der Waals surface area contributed by atoms with Gasteiger partial charge >= 0.3 is 0 Å². The van der Waals surface area contributed by atoms with Gasteiger partial charge in [-0.15, -0.1) is 0 Å². The fourth-order valence-corrected chi connectivity index (χ4v) is 2.17. The first kappa shape index (κ1) is 13.8. The Labute approximate surface area is 114 Å². The summed E-state index contributed by atoms with van der Waals surface area (Å²) in [5.41, 5.74) is 1.87. The number of benzene rings is 1. The molecule has 0 atom stereocenters. The monoisotopic (exact) mass is 259 g/mol. The highest BCUT2D eigenvalue weighted by Gasteiger charge is 2.18. The number of piperidine rings is 1. The molecule has 0 radical (unpaired) electrons. The highest BCUT2D eigenvalue weighted by molar-refractivity contribution is 6.01. The molecule has 0 bridgehead atoms. The Morgan fingerprint density at radius 3 is 2.95 bits per heavy atom. The fraction of sp³-hybridized carbons (Fsp3) is 0.438. The minimum atomic E-state index is 0.253. The molecule has 0 aliphatic carbocycles. The van der Waals surface area contributed by atoms with Gasteiger partial charge in [-0.05, 0) is 25.6 Å². The molecular weight excluding hydrogens is 238 g/mol. The number of Topliss-reactive ketones (excluding diaryl/α,β-unsaturated/α-hetero) is 1. The van der Waals surface area contributed by atoms with E-state index in [1.54, 1.807) is 0 Å². The molecule has 3 nitrogen and oxygen atoms in total. The maximum Gasteiger partial charge on any atom is 0.161 e. The van der Waals surface area contributed by atoms with Crippen molar-refractivity contribution in [3.05, 3.63) is 35.4 Å². The topological polar surface area (TPSA) is 29.5 Å². The lowest BCUT2D eigenvalue weighted by atomic mass is 10.0. The van der Waals surface area contributed by atoms with Crippen molar-refractivity contribution < 1.29 is 9.53 Å². The number of carbonyl (C=O) groups is 1. The zero-order valence-electron chi connectivity index (χ0n) is 11.7. The van der Waals surface area contributed by atoms with Crippen LogP contribution in [0.5, 0.6) is 5.75 Å². The highest BCUT2D eigenvalue weighted by Crippen LogP contribution is 2.23. The van der Waals surface area contributed by atoms with Crippen molar-refractivity contribution in [2.45, 2.75) is 19.8 Å². The molecule has 1 aliphatic heterocycles. The van der Waals surface area contributed by atoms with Crippen molar-refractivity contribution in [2.75, 3.05) is 26.7 Å². The van der Waals surface area contributed by atoms with Crippen LogP contribution in [0, 0.1) is 0 Å². The SMILES string of the molecule is CCCOc1ccccc1/C=C1\CN(C)CCC1=O. The zero-order valence-corrected chi connectivity index (χ0v) is 11.7. The number of likely N-dealkylation sites (N-methyl/N-ethyl adjacent to an activating group) is 1. The molecular formula is C16H21NO2. The van der Waals surface area contributed by atoms with Gasteiger partial charge in [0, 0.05) is 30.6 Å². The number of para-hydroxylation sites is 1. The van der Waals surface area contributed by atoms with Crippen LogP contribution in [-0.2, 0) is 4.79 Å². The molecule has 0 unspecified atom stereocenters. The molecule has 1 aliphatic rings. The summed E-state index contributed by atoms with van der Waals surface area (Å²) in [5, 5.41) is 0. The van der Waals surface area contributed by atoms with Crippen LogP contribution < -0.4 is 4.74 Å². The van der Waals surface area contributed by atoms with Crippen LogP contribution in [-0.4, -0.2) is 37.4 Å². The predicted octanol–water partition coefficient (Wildman–Crippen LogP) is 2.76. The van der Waals surface area contributed by atoms with Gasteiger partial charge in [0.15, 0.2) is 5.78 Å². The molecule has 1 aromatic carbocycles. The Balaban J connectivity index is 2.23. The molecule has 0 N–H and O–H groups in total. The average molecular weight is 259 g/mol. The van der Waals surface area contributed by atoms with Gasteiger partial charge < -0.3 is 9.64 Å². The maximum absolute atomic E-state index is 11.9. The summed E-state index contributed by atoms with van der Waals surface area (Å²) in [6, 6.07) is 7.89. The molecule has 1 saturated heterocycles. The van der Waals surface area contributed by atoms with Crippen LogP contribution >= 0.6 is 0 Å². The van der Waals surface area contributed by atoms with Crippen LogP contribution in [0.15, 0.2) is 29.8 Å². The van der Waals surface area contributed by atoms with E-state index in [-0.39, 0.29) is 5.78 Å². The van der Waals surface area contributed by atoms with Gasteiger partial charge in [0.1, 0.15) is 5.75 Å². The standard InChI is InChI=1S/C16H21NO2/c1-3-10-19-16-7-5-4-6-13(16)11-14-12-17(2)9-8-15(14)18/h4-7,11H,3,8-10,12H2,1-2H3/b14-11+. The average Bonchev–Trinajstić information content (AvgIpc) is 2.42. The van der Waals surface area contributed by atoms with E-state index in [9.17, 15) is 4.79 Å². The van der Waals surface area contributed by atoms with Gasteiger partial charge in [-0.3, -0.25) is 4.79 Å². The first-order chi connectivity index (χ1) is 9.20. The second kappa shape index (κ2) is 6.53. The van der Waals surface area contributed by atoms with Crippen molar-refractivity contribution in [3.8, 4) is 5.75 Å². The molecule has 102 valence electrons. The van der Waals surface area contributed by atoms with Gasteiger partial charge in [-0.2, -0.15) is 0 Å². The molecule has 1 fully saturated rings. The molecule has 2 rings (SSSR count). The van der Waals surface area contributed by atoms with E-state index < -0.39 is 0 Å². The summed E-state index contributed by atoms with van der Waals surface area (Å²) in [5.74, 6) is 1.11. The molecule has 1 aromatic rings. The number of nitrogens with zero attached hydrogens (tertiary/aromatic N) is 1. The lowest BCUT2D eigenvalue weighted by Crippen LogP contribution is -2.32. The fourth-order valence-electron chi connectivity index (χ4n) is 2.17. The second-order valence-corrected chi connectivity index (χ2v) is 4.97. The summed E-state index contributed by atoms with van der Waals surface area (Å²) >= 11 is 0. The number of likely N-dealkylation sites (tertiary alicyclic amines) is 1. The normalized spacial score (nSPS) is 18.8. The summed E-state index contributed by atoms with van der Waals surface area (Å²) in [6.45, 7) is 4.36. The van der Waals surface area contributed by atoms with Crippen LogP contribution in [0.3, 0.4) is 0 Å². The van der Waals surface area contributed by atoms with Gasteiger partial charge in [0.2, 0.25) is 0 Å². The van der Waals surface area contributed by atoms with Crippen LogP contribution in [0.25, 0.3) is 6.08 Å². The first-order valence-electron chi connectivity index (χ1n) is 6.85. The van der Waals surface area contributed by atoms with E-state index in [4.69, 9.17) is 4.74 Å². The third kappa shape index (κ3) is 3.67. The number of rotatable bonds is 4. The number of ether oxygens (including phenoxy) is 1. The van der Waals surface area contributed by atoms with E-state index in [2.05, 4.69) is 11.8 Å². The molecule has 0 amide bonds.